The third kappa shape index (κ3) is 4.17. The summed E-state index contributed by atoms with van der Waals surface area (Å²) < 4.78 is 7.09. The molecule has 7 nitrogen and oxygen atoms in total. The maximum Gasteiger partial charge on any atom is 0.410 e. The van der Waals surface area contributed by atoms with E-state index >= 15 is 0 Å². The normalized spacial score (nSPS) is 23.2. The zero-order chi connectivity index (χ0) is 15.6. The van der Waals surface area contributed by atoms with Crippen molar-refractivity contribution in [1.29, 1.82) is 0 Å². The molecule has 2 unspecified atom stereocenters. The number of carbonyl (C=O) groups is 1. The molecule has 2 heterocycles. The van der Waals surface area contributed by atoms with Gasteiger partial charge in [-0.2, -0.15) is 5.10 Å². The van der Waals surface area contributed by atoms with Gasteiger partial charge >= 0.3 is 6.09 Å². The van der Waals surface area contributed by atoms with Crippen LogP contribution in [0.4, 0.5) is 4.79 Å². The molecule has 1 aromatic heterocycles. The molecule has 1 aromatic rings. The van der Waals surface area contributed by atoms with Gasteiger partial charge in [-0.05, 0) is 27.2 Å². The van der Waals surface area contributed by atoms with E-state index in [9.17, 15) is 9.90 Å². The van der Waals surface area contributed by atoms with Crippen molar-refractivity contribution in [2.75, 3.05) is 13.1 Å². The van der Waals surface area contributed by atoms with Gasteiger partial charge < -0.3 is 14.7 Å². The molecule has 2 rings (SSSR count). The second-order valence-corrected chi connectivity index (χ2v) is 6.55. The number of aliphatic hydroxyl groups excluding tert-OH is 1. The van der Waals surface area contributed by atoms with E-state index in [1.165, 1.54) is 6.33 Å². The topological polar surface area (TPSA) is 80.5 Å². The third-order valence-corrected chi connectivity index (χ3v) is 3.60. The quantitative estimate of drug-likeness (QED) is 0.879. The number of likely N-dealkylation sites (tertiary alicyclic amines) is 1. The summed E-state index contributed by atoms with van der Waals surface area (Å²) in [5.74, 6) is 0.763. The average Bonchev–Trinajstić information content (AvgIpc) is 2.75. The molecular weight excluding hydrogens is 272 g/mol. The van der Waals surface area contributed by atoms with Crippen LogP contribution in [-0.2, 0) is 18.2 Å². The highest BCUT2D eigenvalue weighted by Gasteiger charge is 2.33. The molecule has 7 heteroatoms. The Kier molecular flexibility index (Phi) is 4.51. The molecule has 118 valence electrons. The van der Waals surface area contributed by atoms with Crippen LogP contribution in [0.2, 0.25) is 0 Å². The van der Waals surface area contributed by atoms with Crippen molar-refractivity contribution in [3.63, 3.8) is 0 Å². The first-order valence-corrected chi connectivity index (χ1v) is 7.25. The van der Waals surface area contributed by atoms with Gasteiger partial charge in [0, 0.05) is 32.5 Å². The summed E-state index contributed by atoms with van der Waals surface area (Å²) in [5.41, 5.74) is -0.508. The number of amides is 1. The van der Waals surface area contributed by atoms with Gasteiger partial charge in [0.25, 0.3) is 0 Å². The monoisotopic (exact) mass is 296 g/mol. The Labute approximate surface area is 124 Å². The second-order valence-electron chi connectivity index (χ2n) is 6.55. The fourth-order valence-electron chi connectivity index (χ4n) is 2.45. The lowest BCUT2D eigenvalue weighted by Gasteiger charge is -2.36. The second kappa shape index (κ2) is 6.01. The number of aryl methyl sites for hydroxylation is 1. The molecule has 1 N–H and O–H groups in total. The first-order chi connectivity index (χ1) is 9.76. The summed E-state index contributed by atoms with van der Waals surface area (Å²) in [6.07, 6.45) is 1.90. The number of aliphatic hydroxyl groups is 1. The maximum atomic E-state index is 12.1. The average molecular weight is 296 g/mol. The Morgan fingerprint density at radius 3 is 2.81 bits per heavy atom. The molecule has 0 spiro atoms. The molecule has 1 amide bonds. The van der Waals surface area contributed by atoms with Gasteiger partial charge in [-0.3, -0.25) is 4.68 Å². The highest BCUT2D eigenvalue weighted by molar-refractivity contribution is 5.68. The van der Waals surface area contributed by atoms with Crippen molar-refractivity contribution in [2.45, 2.75) is 45.3 Å². The predicted molar refractivity (Wildman–Crippen MR) is 76.6 cm³/mol. The zero-order valence-electron chi connectivity index (χ0n) is 13.1. The lowest BCUT2D eigenvalue weighted by Crippen LogP contribution is -2.48. The van der Waals surface area contributed by atoms with Crippen LogP contribution in [-0.4, -0.2) is 55.7 Å². The molecule has 0 radical (unpaired) electrons. The highest BCUT2D eigenvalue weighted by atomic mass is 16.6. The van der Waals surface area contributed by atoms with Gasteiger partial charge in [-0.25, -0.2) is 9.78 Å². The molecule has 0 saturated carbocycles. The van der Waals surface area contributed by atoms with Crippen molar-refractivity contribution in [2.24, 2.45) is 13.0 Å². The lowest BCUT2D eigenvalue weighted by molar-refractivity contribution is -0.00872. The highest BCUT2D eigenvalue weighted by Crippen LogP contribution is 2.22. The van der Waals surface area contributed by atoms with Crippen LogP contribution >= 0.6 is 0 Å². The molecule has 0 bridgehead atoms. The Balaban J connectivity index is 1.99. The first-order valence-electron chi connectivity index (χ1n) is 7.25. The van der Waals surface area contributed by atoms with E-state index in [1.807, 2.05) is 27.8 Å². The zero-order valence-corrected chi connectivity index (χ0v) is 13.1. The molecule has 1 saturated heterocycles. The van der Waals surface area contributed by atoms with Crippen molar-refractivity contribution >= 4 is 6.09 Å². The number of hydrogen-bond acceptors (Lipinski definition) is 5. The lowest BCUT2D eigenvalue weighted by atomic mass is 9.91. The summed E-state index contributed by atoms with van der Waals surface area (Å²) in [6, 6.07) is 0. The Hall–Kier alpha value is -1.63. The molecule has 21 heavy (non-hydrogen) atoms. The molecule has 1 aliphatic heterocycles. The summed E-state index contributed by atoms with van der Waals surface area (Å²) in [4.78, 5) is 18.0. The van der Waals surface area contributed by atoms with E-state index in [0.717, 1.165) is 5.82 Å². The van der Waals surface area contributed by atoms with E-state index in [1.54, 1.807) is 9.58 Å². The van der Waals surface area contributed by atoms with Crippen molar-refractivity contribution in [3.8, 4) is 0 Å². The molecule has 0 aliphatic carbocycles. The number of aromatic nitrogens is 3. The van der Waals surface area contributed by atoms with Crippen LogP contribution in [0, 0.1) is 5.92 Å². The Bertz CT molecular complexity index is 495. The minimum absolute atomic E-state index is 0.0471. The Morgan fingerprint density at radius 2 is 2.24 bits per heavy atom. The minimum Gasteiger partial charge on any atom is -0.444 e. The van der Waals surface area contributed by atoms with E-state index in [4.69, 9.17) is 4.74 Å². The van der Waals surface area contributed by atoms with Gasteiger partial charge in [0.2, 0.25) is 0 Å². The summed E-state index contributed by atoms with van der Waals surface area (Å²) in [5, 5.41) is 14.2. The van der Waals surface area contributed by atoms with E-state index < -0.39 is 11.7 Å². The number of hydrogen-bond donors (Lipinski definition) is 1. The van der Waals surface area contributed by atoms with Gasteiger partial charge in [-0.15, -0.1) is 0 Å². The SMILES string of the molecule is Cn1ncnc1CC1CN(C(=O)OC(C)(C)C)CCC1O. The van der Waals surface area contributed by atoms with Crippen LogP contribution in [0.25, 0.3) is 0 Å². The predicted octanol–water partition coefficient (Wildman–Crippen LogP) is 0.975. The maximum absolute atomic E-state index is 12.1. The van der Waals surface area contributed by atoms with Crippen molar-refractivity contribution in [1.82, 2.24) is 19.7 Å². The van der Waals surface area contributed by atoms with Gasteiger partial charge in [0.15, 0.2) is 0 Å². The van der Waals surface area contributed by atoms with Gasteiger partial charge in [0.05, 0.1) is 6.10 Å². The number of rotatable bonds is 2. The van der Waals surface area contributed by atoms with E-state index in [2.05, 4.69) is 10.1 Å². The Morgan fingerprint density at radius 1 is 1.52 bits per heavy atom. The van der Waals surface area contributed by atoms with Crippen LogP contribution in [0.15, 0.2) is 6.33 Å². The van der Waals surface area contributed by atoms with Crippen LogP contribution in [0.1, 0.15) is 33.0 Å². The number of carbonyl (C=O) groups excluding carboxylic acids is 1. The molecule has 0 aromatic carbocycles. The molecule has 2 atom stereocenters. The van der Waals surface area contributed by atoms with Gasteiger partial charge in [0.1, 0.15) is 17.8 Å². The summed E-state index contributed by atoms with van der Waals surface area (Å²) >= 11 is 0. The standard InChI is InChI=1S/C14H24N4O3/c1-14(2,3)21-13(20)18-6-5-11(19)10(8-18)7-12-15-9-16-17(12)4/h9-11,19H,5-8H2,1-4H3. The molecular formula is C14H24N4O3. The number of ether oxygens (including phenoxy) is 1. The first kappa shape index (κ1) is 15.8. The summed E-state index contributed by atoms with van der Waals surface area (Å²) in [6.45, 7) is 6.54. The number of nitrogens with zero attached hydrogens (tertiary/aromatic N) is 4. The molecule has 1 fully saturated rings. The van der Waals surface area contributed by atoms with Gasteiger partial charge in [-0.1, -0.05) is 0 Å². The fraction of sp³-hybridized carbons (Fsp3) is 0.786. The van der Waals surface area contributed by atoms with Crippen molar-refractivity contribution in [3.05, 3.63) is 12.2 Å². The fourth-order valence-corrected chi connectivity index (χ4v) is 2.45. The smallest absolute Gasteiger partial charge is 0.410 e. The van der Waals surface area contributed by atoms with E-state index in [-0.39, 0.29) is 12.0 Å². The van der Waals surface area contributed by atoms with E-state index in [0.29, 0.717) is 25.9 Å². The van der Waals surface area contributed by atoms with Crippen LogP contribution in [0.5, 0.6) is 0 Å². The largest absolute Gasteiger partial charge is 0.444 e. The van der Waals surface area contributed by atoms with Crippen molar-refractivity contribution < 1.29 is 14.6 Å². The summed E-state index contributed by atoms with van der Waals surface area (Å²) in [7, 11) is 1.82. The van der Waals surface area contributed by atoms with Crippen LogP contribution in [0.3, 0.4) is 0 Å². The van der Waals surface area contributed by atoms with Crippen LogP contribution < -0.4 is 0 Å². The minimum atomic E-state index is -0.508. The third-order valence-electron chi connectivity index (χ3n) is 3.60. The number of piperidine rings is 1. The molecule has 1 aliphatic rings.